The summed E-state index contributed by atoms with van der Waals surface area (Å²) in [7, 11) is -4.19. The Morgan fingerprint density at radius 2 is 1.43 bits per heavy atom. The first kappa shape index (κ1) is 23.6. The number of hydrogen-bond acceptors (Lipinski definition) is 4. The molecule has 3 aromatic carbocycles. The Labute approximate surface area is 220 Å². The van der Waals surface area contributed by atoms with Gasteiger partial charge in [-0.25, -0.2) is 12.7 Å². The molecule has 0 aromatic heterocycles. The van der Waals surface area contributed by atoms with E-state index in [0.717, 1.165) is 21.0 Å². The SMILES string of the molecule is C[C@]12CC3(C=CC(=O)C=C3)C(c3ccc(Cl)cc3)=C1c1ccccc1N(S(=O)(=O)c1ccccc1)C2=O. The molecule has 1 heterocycles. The van der Waals surface area contributed by atoms with Crippen LogP contribution in [-0.2, 0) is 19.6 Å². The van der Waals surface area contributed by atoms with Gasteiger partial charge in [0.05, 0.1) is 16.0 Å². The molecule has 3 aliphatic rings. The van der Waals surface area contributed by atoms with Crippen molar-refractivity contribution in [1.82, 2.24) is 0 Å². The number of sulfonamides is 1. The van der Waals surface area contributed by atoms with Gasteiger partial charge in [-0.05, 0) is 72.5 Å². The van der Waals surface area contributed by atoms with Crippen LogP contribution in [0.1, 0.15) is 24.5 Å². The first-order valence-corrected chi connectivity index (χ1v) is 13.7. The van der Waals surface area contributed by atoms with Gasteiger partial charge < -0.3 is 0 Å². The number of halogens is 1. The summed E-state index contributed by atoms with van der Waals surface area (Å²) in [6.07, 6.45) is 6.99. The summed E-state index contributed by atoms with van der Waals surface area (Å²) in [4.78, 5) is 26.6. The number of rotatable bonds is 3. The minimum atomic E-state index is -4.19. The van der Waals surface area contributed by atoms with Crippen LogP contribution in [0.25, 0.3) is 11.1 Å². The van der Waals surface area contributed by atoms with E-state index in [0.29, 0.717) is 16.3 Å². The summed E-state index contributed by atoms with van der Waals surface area (Å²) in [5.41, 5.74) is 1.51. The van der Waals surface area contributed by atoms with Crippen molar-refractivity contribution in [3.05, 3.63) is 119 Å². The number of anilines is 1. The molecule has 5 nitrogen and oxygen atoms in total. The van der Waals surface area contributed by atoms with E-state index in [4.69, 9.17) is 11.6 Å². The van der Waals surface area contributed by atoms with Gasteiger partial charge in [-0.2, -0.15) is 0 Å². The molecule has 37 heavy (non-hydrogen) atoms. The van der Waals surface area contributed by atoms with Crippen LogP contribution in [0, 0.1) is 10.8 Å². The third-order valence-electron chi connectivity index (χ3n) is 7.47. The number of carbonyl (C=O) groups excluding carboxylic acids is 2. The summed E-state index contributed by atoms with van der Waals surface area (Å²) >= 11 is 6.20. The number of benzene rings is 3. The lowest BCUT2D eigenvalue weighted by molar-refractivity contribution is -0.124. The third-order valence-corrected chi connectivity index (χ3v) is 9.43. The van der Waals surface area contributed by atoms with E-state index in [1.165, 1.54) is 24.3 Å². The van der Waals surface area contributed by atoms with Gasteiger partial charge in [0, 0.05) is 16.0 Å². The summed E-state index contributed by atoms with van der Waals surface area (Å²) in [5, 5.41) is 0.578. The van der Waals surface area contributed by atoms with E-state index < -0.39 is 26.8 Å². The zero-order valence-corrected chi connectivity index (χ0v) is 21.5. The second-order valence-electron chi connectivity index (χ2n) is 9.78. The highest BCUT2D eigenvalue weighted by molar-refractivity contribution is 7.93. The first-order chi connectivity index (χ1) is 17.7. The Hall–Kier alpha value is -3.74. The van der Waals surface area contributed by atoms with E-state index >= 15 is 0 Å². The molecule has 0 bridgehead atoms. The van der Waals surface area contributed by atoms with Crippen molar-refractivity contribution in [3.8, 4) is 0 Å². The Bertz CT molecular complexity index is 1650. The standard InChI is InChI=1S/C30H22ClNO4S/c1-29-19-30(17-15-22(33)16-18-30)26(20-11-13-21(31)14-12-20)27(29)24-9-5-6-10-25(24)32(28(29)34)37(35,36)23-7-3-2-4-8-23/h2-18H,19H2,1H3/t29-/m0/s1. The van der Waals surface area contributed by atoms with Crippen LogP contribution in [0.2, 0.25) is 5.02 Å². The number of hydrogen-bond donors (Lipinski definition) is 0. The number of amides is 1. The van der Waals surface area contributed by atoms with Crippen LogP contribution < -0.4 is 4.31 Å². The normalized spacial score (nSPS) is 21.9. The molecule has 1 spiro atoms. The molecule has 1 amide bonds. The largest absolute Gasteiger partial charge is 0.290 e. The lowest BCUT2D eigenvalue weighted by Crippen LogP contribution is -2.49. The van der Waals surface area contributed by atoms with Crippen LogP contribution in [0.5, 0.6) is 0 Å². The van der Waals surface area contributed by atoms with E-state index in [1.54, 1.807) is 49.4 Å². The molecule has 2 aliphatic carbocycles. The van der Waals surface area contributed by atoms with Crippen LogP contribution >= 0.6 is 11.6 Å². The third kappa shape index (κ3) is 3.40. The minimum Gasteiger partial charge on any atom is -0.290 e. The molecule has 0 saturated heterocycles. The average molecular weight is 528 g/mol. The second-order valence-corrected chi connectivity index (χ2v) is 12.0. The molecule has 1 aliphatic heterocycles. The summed E-state index contributed by atoms with van der Waals surface area (Å²) in [5.74, 6) is -0.654. The van der Waals surface area contributed by atoms with E-state index in [2.05, 4.69) is 0 Å². The van der Waals surface area contributed by atoms with Crippen LogP contribution in [-0.4, -0.2) is 20.1 Å². The zero-order chi connectivity index (χ0) is 26.0. The molecular weight excluding hydrogens is 506 g/mol. The highest BCUT2D eigenvalue weighted by Gasteiger charge is 2.60. The predicted octanol–water partition coefficient (Wildman–Crippen LogP) is 6.08. The molecule has 0 unspecified atom stereocenters. The van der Waals surface area contributed by atoms with Crippen molar-refractivity contribution >= 4 is 50.1 Å². The van der Waals surface area contributed by atoms with Crippen molar-refractivity contribution in [2.75, 3.05) is 4.31 Å². The van der Waals surface area contributed by atoms with Gasteiger partial charge in [0.15, 0.2) is 5.78 Å². The molecular formula is C30H22ClNO4S. The molecule has 3 aromatic rings. The van der Waals surface area contributed by atoms with Gasteiger partial charge in [-0.15, -0.1) is 0 Å². The first-order valence-electron chi connectivity index (χ1n) is 11.9. The topological polar surface area (TPSA) is 71.5 Å². The summed E-state index contributed by atoms with van der Waals surface area (Å²) < 4.78 is 28.7. The highest BCUT2D eigenvalue weighted by Crippen LogP contribution is 2.66. The number of nitrogens with zero attached hydrogens (tertiary/aromatic N) is 1. The fourth-order valence-corrected chi connectivity index (χ4v) is 7.58. The number of para-hydroxylation sites is 1. The molecule has 7 heteroatoms. The Balaban J connectivity index is 1.68. The summed E-state index contributed by atoms with van der Waals surface area (Å²) in [6, 6.07) is 22.5. The van der Waals surface area contributed by atoms with E-state index in [-0.39, 0.29) is 17.1 Å². The molecule has 0 N–H and O–H groups in total. The Kier molecular flexibility index (Phi) is 5.20. The van der Waals surface area contributed by atoms with Crippen molar-refractivity contribution < 1.29 is 18.0 Å². The van der Waals surface area contributed by atoms with Gasteiger partial charge in [0.25, 0.3) is 15.9 Å². The van der Waals surface area contributed by atoms with Crippen molar-refractivity contribution in [1.29, 1.82) is 0 Å². The van der Waals surface area contributed by atoms with Gasteiger partial charge in [0.2, 0.25) is 0 Å². The Morgan fingerprint density at radius 1 is 0.811 bits per heavy atom. The van der Waals surface area contributed by atoms with E-state index in [9.17, 15) is 18.0 Å². The quantitative estimate of drug-likeness (QED) is 0.414. The second kappa shape index (κ2) is 8.13. The smallest absolute Gasteiger partial charge is 0.270 e. The maximum Gasteiger partial charge on any atom is 0.270 e. The van der Waals surface area contributed by atoms with Crippen molar-refractivity contribution in [3.63, 3.8) is 0 Å². The van der Waals surface area contributed by atoms with Crippen LogP contribution in [0.15, 0.2) is 108 Å². The molecule has 0 radical (unpaired) electrons. The molecule has 6 rings (SSSR count). The number of carbonyl (C=O) groups is 2. The van der Waals surface area contributed by atoms with Gasteiger partial charge in [0.1, 0.15) is 0 Å². The monoisotopic (exact) mass is 527 g/mol. The fourth-order valence-electron chi connectivity index (χ4n) is 5.90. The van der Waals surface area contributed by atoms with E-state index in [1.807, 2.05) is 36.4 Å². The average Bonchev–Trinajstić information content (AvgIpc) is 3.16. The fraction of sp³-hybridized carbons (Fsp3) is 0.133. The summed E-state index contributed by atoms with van der Waals surface area (Å²) in [6.45, 7) is 1.80. The minimum absolute atomic E-state index is 0.0443. The van der Waals surface area contributed by atoms with Crippen molar-refractivity contribution in [2.24, 2.45) is 10.8 Å². The predicted molar refractivity (Wildman–Crippen MR) is 144 cm³/mol. The zero-order valence-electron chi connectivity index (χ0n) is 19.9. The van der Waals surface area contributed by atoms with Crippen molar-refractivity contribution in [2.45, 2.75) is 18.2 Å². The number of fused-ring (bicyclic) bond motifs is 3. The lowest BCUT2D eigenvalue weighted by Gasteiger charge is -2.40. The molecule has 0 saturated carbocycles. The number of allylic oxidation sites excluding steroid dienone is 5. The maximum atomic E-state index is 14.4. The van der Waals surface area contributed by atoms with Gasteiger partial charge in [-0.3, -0.25) is 9.59 Å². The van der Waals surface area contributed by atoms with Gasteiger partial charge in [-0.1, -0.05) is 72.3 Å². The maximum absolute atomic E-state index is 14.4. The molecule has 0 fully saturated rings. The molecule has 1 atom stereocenters. The number of ketones is 1. The van der Waals surface area contributed by atoms with Gasteiger partial charge >= 0.3 is 0 Å². The lowest BCUT2D eigenvalue weighted by atomic mass is 9.71. The van der Waals surface area contributed by atoms with Crippen LogP contribution in [0.3, 0.4) is 0 Å². The van der Waals surface area contributed by atoms with Crippen LogP contribution in [0.4, 0.5) is 5.69 Å². The molecule has 184 valence electrons. The Morgan fingerprint density at radius 3 is 2.11 bits per heavy atom. The highest BCUT2D eigenvalue weighted by atomic mass is 35.5.